The zero-order chi connectivity index (χ0) is 9.84. The monoisotopic (exact) mass is 178 g/mol. The van der Waals surface area contributed by atoms with Gasteiger partial charge in [0.1, 0.15) is 5.82 Å². The summed E-state index contributed by atoms with van der Waals surface area (Å²) in [6.45, 7) is 5.25. The van der Waals surface area contributed by atoms with Crippen molar-refractivity contribution in [3.63, 3.8) is 0 Å². The minimum Gasteiger partial charge on any atom is -0.294 e. The van der Waals surface area contributed by atoms with Crippen LogP contribution in [0.1, 0.15) is 22.3 Å². The molecule has 0 atom stereocenters. The highest BCUT2D eigenvalue weighted by Crippen LogP contribution is 2.12. The van der Waals surface area contributed by atoms with E-state index in [1.165, 1.54) is 18.2 Å². The Morgan fingerprint density at radius 1 is 1.62 bits per heavy atom. The second kappa shape index (κ2) is 3.99. The largest absolute Gasteiger partial charge is 0.294 e. The van der Waals surface area contributed by atoms with Crippen LogP contribution in [0.2, 0.25) is 0 Å². The third-order valence-electron chi connectivity index (χ3n) is 1.83. The molecule has 0 saturated heterocycles. The average Bonchev–Trinajstić information content (AvgIpc) is 2.09. The van der Waals surface area contributed by atoms with Gasteiger partial charge in [0.25, 0.3) is 0 Å². The van der Waals surface area contributed by atoms with E-state index >= 15 is 0 Å². The van der Waals surface area contributed by atoms with E-state index in [0.717, 1.165) is 5.56 Å². The number of hydrogen-bond donors (Lipinski definition) is 0. The number of Topliss-reactive ketones (excluding diaryl/α,β-unsaturated/α-hetero) is 1. The highest BCUT2D eigenvalue weighted by molar-refractivity contribution is 5.98. The van der Waals surface area contributed by atoms with Crippen LogP contribution in [-0.2, 0) is 0 Å². The Morgan fingerprint density at radius 2 is 2.31 bits per heavy atom. The van der Waals surface area contributed by atoms with Gasteiger partial charge in [-0.1, -0.05) is 12.1 Å². The first-order valence-electron chi connectivity index (χ1n) is 4.05. The molecule has 0 heterocycles. The summed E-state index contributed by atoms with van der Waals surface area (Å²) in [7, 11) is 0. The molecule has 1 rings (SSSR count). The van der Waals surface area contributed by atoms with Gasteiger partial charge in [-0.05, 0) is 24.6 Å². The first-order valence-corrected chi connectivity index (χ1v) is 4.05. The van der Waals surface area contributed by atoms with E-state index in [1.54, 1.807) is 13.0 Å². The minimum atomic E-state index is -0.377. The first-order chi connectivity index (χ1) is 6.15. The third-order valence-corrected chi connectivity index (χ3v) is 1.83. The van der Waals surface area contributed by atoms with Crippen LogP contribution >= 0.6 is 0 Å². The van der Waals surface area contributed by atoms with Gasteiger partial charge in [-0.2, -0.15) is 0 Å². The fraction of sp³-hybridized carbons (Fsp3) is 0.182. The highest BCUT2D eigenvalue weighted by Gasteiger charge is 2.07. The molecule has 0 unspecified atom stereocenters. The lowest BCUT2D eigenvalue weighted by atomic mass is 10.0. The third kappa shape index (κ3) is 2.25. The Bertz CT molecular complexity index is 342. The number of benzene rings is 1. The summed E-state index contributed by atoms with van der Waals surface area (Å²) in [5.74, 6) is -0.468. The van der Waals surface area contributed by atoms with Crippen molar-refractivity contribution in [2.75, 3.05) is 0 Å². The summed E-state index contributed by atoms with van der Waals surface area (Å²) in [6, 6.07) is 4.22. The molecule has 0 saturated carbocycles. The van der Waals surface area contributed by atoms with Crippen LogP contribution in [0.4, 0.5) is 4.39 Å². The molecular formula is C11H11FO. The Kier molecular flexibility index (Phi) is 2.96. The SMILES string of the molecule is C=CCC(=O)c1cc(F)ccc1C. The molecule has 68 valence electrons. The number of carbonyl (C=O) groups excluding carboxylic acids is 1. The molecule has 0 amide bonds. The zero-order valence-electron chi connectivity index (χ0n) is 7.51. The minimum absolute atomic E-state index is 0.0907. The molecule has 0 bridgehead atoms. The number of halogens is 1. The van der Waals surface area contributed by atoms with Crippen LogP contribution in [0.25, 0.3) is 0 Å². The number of rotatable bonds is 3. The van der Waals surface area contributed by atoms with Crippen molar-refractivity contribution < 1.29 is 9.18 Å². The van der Waals surface area contributed by atoms with Crippen LogP contribution in [0.5, 0.6) is 0 Å². The molecule has 2 heteroatoms. The van der Waals surface area contributed by atoms with Crippen LogP contribution in [-0.4, -0.2) is 5.78 Å². The summed E-state index contributed by atoms with van der Waals surface area (Å²) >= 11 is 0. The van der Waals surface area contributed by atoms with Crippen molar-refractivity contribution in [1.82, 2.24) is 0 Å². The molecule has 0 spiro atoms. The fourth-order valence-electron chi connectivity index (χ4n) is 1.14. The van der Waals surface area contributed by atoms with Crippen LogP contribution in [0.3, 0.4) is 0 Å². The lowest BCUT2D eigenvalue weighted by Gasteiger charge is -2.02. The Hall–Kier alpha value is -1.44. The molecule has 0 fully saturated rings. The molecule has 0 aliphatic carbocycles. The normalized spacial score (nSPS) is 9.69. The van der Waals surface area contributed by atoms with Gasteiger partial charge in [0.05, 0.1) is 0 Å². The Balaban J connectivity index is 3.05. The fourth-order valence-corrected chi connectivity index (χ4v) is 1.14. The lowest BCUT2D eigenvalue weighted by molar-refractivity contribution is 0.0995. The Morgan fingerprint density at radius 3 is 2.92 bits per heavy atom. The standard InChI is InChI=1S/C11H11FO/c1-3-4-11(13)10-7-9(12)6-5-8(10)2/h3,5-7H,1,4H2,2H3. The zero-order valence-corrected chi connectivity index (χ0v) is 7.51. The van der Waals surface area contributed by atoms with E-state index in [1.807, 2.05) is 0 Å². The number of aryl methyl sites for hydroxylation is 1. The van der Waals surface area contributed by atoms with Gasteiger partial charge in [-0.15, -0.1) is 6.58 Å². The van der Waals surface area contributed by atoms with Crippen LogP contribution < -0.4 is 0 Å². The van der Waals surface area contributed by atoms with Gasteiger partial charge < -0.3 is 0 Å². The van der Waals surface area contributed by atoms with E-state index in [4.69, 9.17) is 0 Å². The Labute approximate surface area is 76.9 Å². The molecule has 0 aliphatic rings. The summed E-state index contributed by atoms with van der Waals surface area (Å²) in [4.78, 5) is 11.4. The van der Waals surface area contributed by atoms with Crippen molar-refractivity contribution in [3.8, 4) is 0 Å². The van der Waals surface area contributed by atoms with Gasteiger partial charge in [0, 0.05) is 12.0 Å². The van der Waals surface area contributed by atoms with Crippen LogP contribution in [0.15, 0.2) is 30.9 Å². The van der Waals surface area contributed by atoms with Crippen molar-refractivity contribution in [1.29, 1.82) is 0 Å². The van der Waals surface area contributed by atoms with Gasteiger partial charge in [-0.25, -0.2) is 4.39 Å². The summed E-state index contributed by atoms with van der Waals surface area (Å²) < 4.78 is 12.8. The van der Waals surface area contributed by atoms with Crippen molar-refractivity contribution in [3.05, 3.63) is 47.8 Å². The predicted octanol–water partition coefficient (Wildman–Crippen LogP) is 2.89. The van der Waals surface area contributed by atoms with Gasteiger partial charge in [-0.3, -0.25) is 4.79 Å². The van der Waals surface area contributed by atoms with E-state index in [0.29, 0.717) is 5.56 Å². The molecule has 1 aromatic carbocycles. The van der Waals surface area contributed by atoms with E-state index in [9.17, 15) is 9.18 Å². The lowest BCUT2D eigenvalue weighted by Crippen LogP contribution is -2.00. The van der Waals surface area contributed by atoms with Gasteiger partial charge >= 0.3 is 0 Å². The second-order valence-electron chi connectivity index (χ2n) is 2.88. The van der Waals surface area contributed by atoms with Crippen molar-refractivity contribution in [2.24, 2.45) is 0 Å². The van der Waals surface area contributed by atoms with E-state index in [2.05, 4.69) is 6.58 Å². The van der Waals surface area contributed by atoms with Crippen molar-refractivity contribution in [2.45, 2.75) is 13.3 Å². The van der Waals surface area contributed by atoms with Gasteiger partial charge in [0.2, 0.25) is 0 Å². The number of hydrogen-bond acceptors (Lipinski definition) is 1. The first kappa shape index (κ1) is 9.65. The topological polar surface area (TPSA) is 17.1 Å². The number of ketones is 1. The molecule has 0 aliphatic heterocycles. The van der Waals surface area contributed by atoms with Crippen LogP contribution in [0, 0.1) is 12.7 Å². The molecule has 1 aromatic rings. The maximum atomic E-state index is 12.8. The molecule has 0 N–H and O–H groups in total. The predicted molar refractivity (Wildman–Crippen MR) is 50.3 cm³/mol. The molecule has 13 heavy (non-hydrogen) atoms. The second-order valence-corrected chi connectivity index (χ2v) is 2.88. The molecule has 1 nitrogen and oxygen atoms in total. The quantitative estimate of drug-likeness (QED) is 0.513. The smallest absolute Gasteiger partial charge is 0.166 e. The maximum Gasteiger partial charge on any atom is 0.166 e. The maximum absolute atomic E-state index is 12.8. The van der Waals surface area contributed by atoms with Gasteiger partial charge in [0.15, 0.2) is 5.78 Å². The number of allylic oxidation sites excluding steroid dienone is 1. The summed E-state index contributed by atoms with van der Waals surface area (Å²) in [5.41, 5.74) is 1.24. The summed E-state index contributed by atoms with van der Waals surface area (Å²) in [6.07, 6.45) is 1.77. The number of carbonyl (C=O) groups is 1. The molecule has 0 radical (unpaired) electrons. The van der Waals surface area contributed by atoms with E-state index < -0.39 is 0 Å². The van der Waals surface area contributed by atoms with E-state index in [-0.39, 0.29) is 18.0 Å². The molecular weight excluding hydrogens is 167 g/mol. The van der Waals surface area contributed by atoms with Crippen molar-refractivity contribution >= 4 is 5.78 Å². The highest BCUT2D eigenvalue weighted by atomic mass is 19.1. The average molecular weight is 178 g/mol. The molecule has 0 aromatic heterocycles. The summed E-state index contributed by atoms with van der Waals surface area (Å²) in [5, 5.41) is 0.